The number of halogens is 1. The summed E-state index contributed by atoms with van der Waals surface area (Å²) >= 11 is 6.00. The first-order chi connectivity index (χ1) is 12.0. The van der Waals surface area contributed by atoms with Gasteiger partial charge in [-0.15, -0.1) is 9.78 Å². The maximum atomic E-state index is 12.9. The lowest BCUT2D eigenvalue weighted by Crippen LogP contribution is -2.39. The van der Waals surface area contributed by atoms with Gasteiger partial charge in [0.05, 0.1) is 12.1 Å². The van der Waals surface area contributed by atoms with Gasteiger partial charge in [-0.3, -0.25) is 4.79 Å². The third kappa shape index (κ3) is 4.16. The number of aromatic amines is 1. The molecule has 0 radical (unpaired) electrons. The Balaban J connectivity index is 2.13. The van der Waals surface area contributed by atoms with E-state index in [9.17, 15) is 4.79 Å². The molecule has 0 amide bonds. The van der Waals surface area contributed by atoms with Crippen LogP contribution < -0.4 is 10.7 Å². The van der Waals surface area contributed by atoms with Crippen molar-refractivity contribution < 1.29 is 5.10 Å². The summed E-state index contributed by atoms with van der Waals surface area (Å²) in [5.41, 5.74) is 3.44. The summed E-state index contributed by atoms with van der Waals surface area (Å²) in [4.78, 5) is 15.0. The summed E-state index contributed by atoms with van der Waals surface area (Å²) in [5, 5.41) is 3.94. The van der Waals surface area contributed by atoms with E-state index in [-0.39, 0.29) is 5.56 Å². The number of hydrogen-bond acceptors (Lipinski definition) is 2. The lowest BCUT2D eigenvalue weighted by molar-refractivity contribution is -0.486. The van der Waals surface area contributed by atoms with E-state index >= 15 is 0 Å². The maximum Gasteiger partial charge on any atom is 0.308 e. The number of aromatic nitrogens is 2. The first kappa shape index (κ1) is 17.4. The van der Waals surface area contributed by atoms with Crippen molar-refractivity contribution in [1.82, 2.24) is 9.58 Å². The van der Waals surface area contributed by atoms with Crippen molar-refractivity contribution in [2.75, 3.05) is 20.6 Å². The minimum atomic E-state index is -0.0224. The predicted molar refractivity (Wildman–Crippen MR) is 102 cm³/mol. The molecule has 0 aliphatic heterocycles. The van der Waals surface area contributed by atoms with Crippen LogP contribution in [0, 0.1) is 0 Å². The Morgan fingerprint density at radius 2 is 1.68 bits per heavy atom. The molecule has 5 heteroatoms. The van der Waals surface area contributed by atoms with Gasteiger partial charge in [-0.2, -0.15) is 0 Å². The average molecular weight is 355 g/mol. The third-order valence-electron chi connectivity index (χ3n) is 4.03. The highest BCUT2D eigenvalue weighted by atomic mass is 35.5. The molecule has 4 nitrogen and oxygen atoms in total. The molecule has 0 saturated carbocycles. The summed E-state index contributed by atoms with van der Waals surface area (Å²) in [6.07, 6.45) is 0. The van der Waals surface area contributed by atoms with Crippen molar-refractivity contribution in [3.63, 3.8) is 0 Å². The van der Waals surface area contributed by atoms with Crippen LogP contribution in [0.2, 0.25) is 5.02 Å². The summed E-state index contributed by atoms with van der Waals surface area (Å²) in [5.74, 6) is 0. The first-order valence-corrected chi connectivity index (χ1v) is 8.55. The summed E-state index contributed by atoms with van der Waals surface area (Å²) in [6.45, 7) is 1.36. The second-order valence-electron chi connectivity index (χ2n) is 6.22. The topological polar surface area (TPSA) is 39.4 Å². The molecular formula is C20H21ClN3O+. The van der Waals surface area contributed by atoms with E-state index in [1.165, 1.54) is 0 Å². The van der Waals surface area contributed by atoms with Crippen LogP contribution in [0.25, 0.3) is 22.4 Å². The zero-order valence-corrected chi connectivity index (χ0v) is 15.1. The van der Waals surface area contributed by atoms with Crippen LogP contribution >= 0.6 is 11.6 Å². The second-order valence-corrected chi connectivity index (χ2v) is 6.65. The molecule has 0 spiro atoms. The van der Waals surface area contributed by atoms with E-state index in [0.29, 0.717) is 17.1 Å². The van der Waals surface area contributed by atoms with Crippen molar-refractivity contribution in [2.45, 2.75) is 6.54 Å². The lowest BCUT2D eigenvalue weighted by atomic mass is 10.0. The lowest BCUT2D eigenvalue weighted by Gasteiger charge is -2.10. The van der Waals surface area contributed by atoms with Crippen LogP contribution in [-0.2, 0) is 6.54 Å². The fourth-order valence-corrected chi connectivity index (χ4v) is 2.77. The van der Waals surface area contributed by atoms with E-state index < -0.39 is 0 Å². The average Bonchev–Trinajstić information content (AvgIpc) is 2.62. The van der Waals surface area contributed by atoms with Crippen molar-refractivity contribution in [2.24, 2.45) is 0 Å². The molecule has 0 aliphatic carbocycles. The van der Waals surface area contributed by atoms with Gasteiger partial charge in [0.15, 0.2) is 0 Å². The molecule has 0 unspecified atom stereocenters. The molecular weight excluding hydrogens is 334 g/mol. The van der Waals surface area contributed by atoms with Gasteiger partial charge < -0.3 is 4.90 Å². The van der Waals surface area contributed by atoms with Crippen molar-refractivity contribution in [1.29, 1.82) is 0 Å². The van der Waals surface area contributed by atoms with Gasteiger partial charge in [-0.05, 0) is 43.9 Å². The van der Waals surface area contributed by atoms with Crippen molar-refractivity contribution >= 4 is 11.6 Å². The molecule has 1 aromatic heterocycles. The van der Waals surface area contributed by atoms with Gasteiger partial charge >= 0.3 is 5.56 Å². The molecule has 1 heterocycles. The van der Waals surface area contributed by atoms with Crippen LogP contribution in [0.1, 0.15) is 0 Å². The highest BCUT2D eigenvalue weighted by Gasteiger charge is 2.16. The molecule has 3 rings (SSSR count). The minimum absolute atomic E-state index is 0.0224. The highest BCUT2D eigenvalue weighted by molar-refractivity contribution is 6.30. The Labute approximate surface area is 152 Å². The predicted octanol–water partition coefficient (Wildman–Crippen LogP) is 3.21. The fourth-order valence-electron chi connectivity index (χ4n) is 2.64. The van der Waals surface area contributed by atoms with Gasteiger partial charge in [0.1, 0.15) is 0 Å². The quantitative estimate of drug-likeness (QED) is 0.705. The number of hydrogen-bond donors (Lipinski definition) is 0. The standard InChI is InChI=1S/C20H20ClN3O/c1-23(2)12-13-24-20(25)18(15-6-4-3-5-7-15)14-19(22-24)16-8-10-17(21)11-9-16/h3-11,14H,12-13H2,1-2H3/p+1. The van der Waals surface area contributed by atoms with Crippen LogP contribution in [0.3, 0.4) is 0 Å². The molecule has 1 N–H and O–H groups in total. The highest BCUT2D eigenvalue weighted by Crippen LogP contribution is 2.21. The van der Waals surface area contributed by atoms with Crippen LogP contribution in [-0.4, -0.2) is 30.2 Å². The normalized spacial score (nSPS) is 11.0. The van der Waals surface area contributed by atoms with E-state index in [1.807, 2.05) is 74.8 Å². The van der Waals surface area contributed by atoms with Gasteiger partial charge in [0.2, 0.25) is 5.69 Å². The SMILES string of the molecule is CN(C)CCn1[nH+]c(-c2ccc(Cl)cc2)cc(-c2ccccc2)c1=O. The largest absolute Gasteiger partial charge is 0.308 e. The molecule has 0 atom stereocenters. The van der Waals surface area contributed by atoms with Crippen LogP contribution in [0.4, 0.5) is 0 Å². The smallest absolute Gasteiger partial charge is 0.307 e. The van der Waals surface area contributed by atoms with Crippen molar-refractivity contribution in [3.8, 4) is 22.4 Å². The number of nitrogens with one attached hydrogen (secondary N) is 1. The molecule has 0 fully saturated rings. The van der Waals surface area contributed by atoms with E-state index in [2.05, 4.69) is 10.00 Å². The zero-order chi connectivity index (χ0) is 17.8. The number of likely N-dealkylation sites (N-methyl/N-ethyl adjacent to an activating group) is 1. The third-order valence-corrected chi connectivity index (χ3v) is 4.28. The number of H-pyrrole nitrogens is 1. The number of benzene rings is 2. The molecule has 128 valence electrons. The molecule has 0 bridgehead atoms. The Morgan fingerprint density at radius 1 is 1.00 bits per heavy atom. The number of rotatable bonds is 5. The zero-order valence-electron chi connectivity index (χ0n) is 14.4. The maximum absolute atomic E-state index is 12.9. The Morgan fingerprint density at radius 3 is 2.32 bits per heavy atom. The molecule has 25 heavy (non-hydrogen) atoms. The second kappa shape index (κ2) is 7.64. The Kier molecular flexibility index (Phi) is 5.31. The van der Waals surface area contributed by atoms with E-state index in [1.54, 1.807) is 4.68 Å². The van der Waals surface area contributed by atoms with Gasteiger partial charge in [-0.1, -0.05) is 41.9 Å². The molecule has 0 saturated heterocycles. The summed E-state index contributed by atoms with van der Waals surface area (Å²) in [7, 11) is 3.98. The first-order valence-electron chi connectivity index (χ1n) is 8.18. The Bertz CT molecular complexity index is 902. The summed E-state index contributed by atoms with van der Waals surface area (Å²) in [6, 6.07) is 19.3. The minimum Gasteiger partial charge on any atom is -0.307 e. The van der Waals surface area contributed by atoms with Gasteiger partial charge in [0.25, 0.3) is 0 Å². The molecule has 3 aromatic rings. The van der Waals surface area contributed by atoms with Crippen LogP contribution in [0.15, 0.2) is 65.5 Å². The monoisotopic (exact) mass is 354 g/mol. The van der Waals surface area contributed by atoms with Crippen LogP contribution in [0.5, 0.6) is 0 Å². The van der Waals surface area contributed by atoms with E-state index in [0.717, 1.165) is 23.4 Å². The summed E-state index contributed by atoms with van der Waals surface area (Å²) < 4.78 is 1.67. The molecule has 0 aliphatic rings. The van der Waals surface area contributed by atoms with E-state index in [4.69, 9.17) is 11.6 Å². The fraction of sp³-hybridized carbons (Fsp3) is 0.200. The van der Waals surface area contributed by atoms with Gasteiger partial charge in [0, 0.05) is 23.2 Å². The molecule has 2 aromatic carbocycles. The number of nitrogens with zero attached hydrogens (tertiary/aromatic N) is 2. The Hall–Kier alpha value is -2.43. The van der Waals surface area contributed by atoms with Gasteiger partial charge in [-0.25, -0.2) is 0 Å². The van der Waals surface area contributed by atoms with Crippen molar-refractivity contribution in [3.05, 3.63) is 76.0 Å².